The van der Waals surface area contributed by atoms with Gasteiger partial charge in [0.25, 0.3) is 11.5 Å². The van der Waals surface area contributed by atoms with Gasteiger partial charge in [-0.1, -0.05) is 12.1 Å². The van der Waals surface area contributed by atoms with Crippen LogP contribution in [0.4, 0.5) is 0 Å². The van der Waals surface area contributed by atoms with Crippen LogP contribution < -0.4 is 5.56 Å². The molecule has 2 heterocycles. The molecule has 0 spiro atoms. The van der Waals surface area contributed by atoms with Crippen molar-refractivity contribution in [2.75, 3.05) is 6.54 Å². The summed E-state index contributed by atoms with van der Waals surface area (Å²) in [6.07, 6.45) is 0.671. The Hall–Kier alpha value is -1.82. The zero-order chi connectivity index (χ0) is 13.4. The normalized spacial score (nSPS) is 14.3. The summed E-state index contributed by atoms with van der Waals surface area (Å²) in [6, 6.07) is 7.32. The third-order valence-electron chi connectivity index (χ3n) is 3.34. The zero-order valence-electron chi connectivity index (χ0n) is 10.1. The quantitative estimate of drug-likeness (QED) is 0.838. The molecule has 1 aromatic carbocycles. The molecule has 0 atom stereocenters. The number of carbonyl (C=O) groups excluding carboxylic acids is 1. The Morgan fingerprint density at radius 3 is 2.84 bits per heavy atom. The standard InChI is InChI=1S/C13H12BrN3O2/c14-10-4-2-1-3-8(10)13(19)17-6-5-11-9(7-17)12(18)16-15-11/h1-4H,5-7H2,(H2,15,16,18). The summed E-state index contributed by atoms with van der Waals surface area (Å²) < 4.78 is 0.772. The Morgan fingerprint density at radius 1 is 1.26 bits per heavy atom. The van der Waals surface area contributed by atoms with Crippen molar-refractivity contribution in [3.05, 3.63) is 55.9 Å². The Morgan fingerprint density at radius 2 is 2.05 bits per heavy atom. The van der Waals surface area contributed by atoms with Crippen molar-refractivity contribution in [2.45, 2.75) is 13.0 Å². The molecule has 0 fully saturated rings. The van der Waals surface area contributed by atoms with Crippen LogP contribution in [-0.4, -0.2) is 27.5 Å². The first-order valence-electron chi connectivity index (χ1n) is 5.99. The maximum atomic E-state index is 12.4. The third-order valence-corrected chi connectivity index (χ3v) is 4.03. The first-order valence-corrected chi connectivity index (χ1v) is 6.78. The summed E-state index contributed by atoms with van der Waals surface area (Å²) in [5, 5.41) is 5.41. The number of H-pyrrole nitrogens is 2. The van der Waals surface area contributed by atoms with E-state index >= 15 is 0 Å². The van der Waals surface area contributed by atoms with Crippen molar-refractivity contribution in [2.24, 2.45) is 0 Å². The van der Waals surface area contributed by atoms with Crippen molar-refractivity contribution in [3.8, 4) is 0 Å². The van der Waals surface area contributed by atoms with Crippen LogP contribution in [0.2, 0.25) is 0 Å². The zero-order valence-corrected chi connectivity index (χ0v) is 11.7. The molecule has 19 heavy (non-hydrogen) atoms. The predicted octanol–water partition coefficient (Wildman–Crippen LogP) is 1.66. The van der Waals surface area contributed by atoms with Gasteiger partial charge < -0.3 is 10.00 Å². The van der Waals surface area contributed by atoms with Gasteiger partial charge in [-0.3, -0.25) is 14.7 Å². The molecule has 5 nitrogen and oxygen atoms in total. The molecule has 1 aromatic heterocycles. The second-order valence-corrected chi connectivity index (χ2v) is 5.35. The van der Waals surface area contributed by atoms with Gasteiger partial charge in [0.2, 0.25) is 0 Å². The van der Waals surface area contributed by atoms with Crippen molar-refractivity contribution >= 4 is 21.8 Å². The molecule has 1 aliphatic heterocycles. The monoisotopic (exact) mass is 321 g/mol. The van der Waals surface area contributed by atoms with Crippen molar-refractivity contribution in [3.63, 3.8) is 0 Å². The van der Waals surface area contributed by atoms with E-state index in [9.17, 15) is 9.59 Å². The second kappa shape index (κ2) is 4.70. The molecule has 0 unspecified atom stereocenters. The lowest BCUT2D eigenvalue weighted by Crippen LogP contribution is -2.37. The highest BCUT2D eigenvalue weighted by atomic mass is 79.9. The van der Waals surface area contributed by atoms with Crippen LogP contribution in [0.5, 0.6) is 0 Å². The van der Waals surface area contributed by atoms with Crippen LogP contribution in [0.1, 0.15) is 21.6 Å². The minimum absolute atomic E-state index is 0.0567. The number of nitrogens with one attached hydrogen (secondary N) is 2. The fourth-order valence-corrected chi connectivity index (χ4v) is 2.75. The van der Waals surface area contributed by atoms with E-state index in [0.717, 1.165) is 10.2 Å². The van der Waals surface area contributed by atoms with Gasteiger partial charge in [-0.15, -0.1) is 0 Å². The summed E-state index contributed by atoms with van der Waals surface area (Å²) in [5.41, 5.74) is 2.05. The van der Waals surface area contributed by atoms with Crippen LogP contribution >= 0.6 is 15.9 Å². The summed E-state index contributed by atoms with van der Waals surface area (Å²) in [6.45, 7) is 0.968. The fraction of sp³-hybridized carbons (Fsp3) is 0.231. The number of hydrogen-bond donors (Lipinski definition) is 2. The molecular weight excluding hydrogens is 310 g/mol. The van der Waals surface area contributed by atoms with Gasteiger partial charge in [0.15, 0.2) is 0 Å². The Kier molecular flexibility index (Phi) is 3.02. The highest BCUT2D eigenvalue weighted by molar-refractivity contribution is 9.10. The first kappa shape index (κ1) is 12.2. The lowest BCUT2D eigenvalue weighted by Gasteiger charge is -2.26. The molecule has 1 amide bonds. The maximum absolute atomic E-state index is 12.4. The topological polar surface area (TPSA) is 69.0 Å². The van der Waals surface area contributed by atoms with Crippen molar-refractivity contribution in [1.82, 2.24) is 15.1 Å². The number of aromatic amines is 2. The maximum Gasteiger partial charge on any atom is 0.269 e. The molecule has 0 saturated carbocycles. The average Bonchev–Trinajstić information content (AvgIpc) is 2.80. The third kappa shape index (κ3) is 2.12. The Labute approximate surface area is 117 Å². The van der Waals surface area contributed by atoms with E-state index in [4.69, 9.17) is 0 Å². The number of rotatable bonds is 1. The number of fused-ring (bicyclic) bond motifs is 1. The van der Waals surface area contributed by atoms with Crippen molar-refractivity contribution < 1.29 is 4.79 Å². The molecule has 98 valence electrons. The van der Waals surface area contributed by atoms with Gasteiger partial charge in [0.05, 0.1) is 17.7 Å². The number of nitrogens with zero attached hydrogens (tertiary/aromatic N) is 1. The molecule has 0 aliphatic carbocycles. The summed E-state index contributed by atoms with van der Waals surface area (Å²) in [7, 11) is 0. The van der Waals surface area contributed by atoms with Gasteiger partial charge >= 0.3 is 0 Å². The van der Waals surface area contributed by atoms with Gasteiger partial charge in [-0.2, -0.15) is 0 Å². The van der Waals surface area contributed by atoms with E-state index in [0.29, 0.717) is 30.6 Å². The smallest absolute Gasteiger partial charge is 0.269 e. The summed E-state index contributed by atoms with van der Waals surface area (Å²) in [4.78, 5) is 25.7. The van der Waals surface area contributed by atoms with E-state index in [1.807, 2.05) is 18.2 Å². The minimum Gasteiger partial charge on any atom is -0.334 e. The molecule has 0 bridgehead atoms. The summed E-state index contributed by atoms with van der Waals surface area (Å²) >= 11 is 3.38. The van der Waals surface area contributed by atoms with Gasteiger partial charge in [0.1, 0.15) is 0 Å². The first-order chi connectivity index (χ1) is 9.16. The van der Waals surface area contributed by atoms with Crippen molar-refractivity contribution in [1.29, 1.82) is 0 Å². The number of benzene rings is 1. The molecule has 0 saturated heterocycles. The minimum atomic E-state index is -0.139. The van der Waals surface area contributed by atoms with E-state index < -0.39 is 0 Å². The molecule has 2 N–H and O–H groups in total. The van der Waals surface area contributed by atoms with E-state index in [1.54, 1.807) is 11.0 Å². The number of amides is 1. The number of aromatic nitrogens is 2. The van der Waals surface area contributed by atoms with E-state index in [1.165, 1.54) is 0 Å². The fourth-order valence-electron chi connectivity index (χ4n) is 2.30. The molecular formula is C13H12BrN3O2. The van der Waals surface area contributed by atoms with Gasteiger partial charge in [-0.05, 0) is 28.1 Å². The van der Waals surface area contributed by atoms with Crippen LogP contribution in [-0.2, 0) is 13.0 Å². The largest absolute Gasteiger partial charge is 0.334 e. The molecule has 0 radical (unpaired) electrons. The Balaban J connectivity index is 1.89. The van der Waals surface area contributed by atoms with Gasteiger partial charge in [0, 0.05) is 23.1 Å². The van der Waals surface area contributed by atoms with E-state index in [2.05, 4.69) is 26.1 Å². The summed E-state index contributed by atoms with van der Waals surface area (Å²) in [5.74, 6) is -0.0567. The average molecular weight is 322 g/mol. The molecule has 2 aromatic rings. The molecule has 3 rings (SSSR count). The molecule has 1 aliphatic rings. The predicted molar refractivity (Wildman–Crippen MR) is 74.0 cm³/mol. The molecule has 6 heteroatoms. The Bertz CT molecular complexity index is 689. The van der Waals surface area contributed by atoms with Crippen LogP contribution in [0, 0.1) is 0 Å². The lowest BCUT2D eigenvalue weighted by molar-refractivity contribution is 0.0733. The van der Waals surface area contributed by atoms with Crippen LogP contribution in [0.3, 0.4) is 0 Å². The highest BCUT2D eigenvalue weighted by Crippen LogP contribution is 2.21. The SMILES string of the molecule is O=C(c1ccccc1Br)N1CCc2[nH][nH]c(=O)c2C1. The van der Waals surface area contributed by atoms with E-state index in [-0.39, 0.29) is 11.5 Å². The second-order valence-electron chi connectivity index (χ2n) is 4.49. The number of hydrogen-bond acceptors (Lipinski definition) is 2. The van der Waals surface area contributed by atoms with Crippen LogP contribution in [0.15, 0.2) is 33.5 Å². The number of halogens is 1. The number of carbonyl (C=O) groups is 1. The van der Waals surface area contributed by atoms with Crippen LogP contribution in [0.25, 0.3) is 0 Å². The lowest BCUT2D eigenvalue weighted by atomic mass is 10.1. The van der Waals surface area contributed by atoms with Gasteiger partial charge in [-0.25, -0.2) is 0 Å². The highest BCUT2D eigenvalue weighted by Gasteiger charge is 2.25.